The fraction of sp³-hybridized carbons (Fsp3) is 0.500. The zero-order chi connectivity index (χ0) is 22.2. The molecule has 3 amide bonds. The molecule has 5 rings (SSSR count). The van der Waals surface area contributed by atoms with Crippen LogP contribution in [0.2, 0.25) is 0 Å². The van der Waals surface area contributed by atoms with Crippen LogP contribution in [0.5, 0.6) is 0 Å². The number of carbonyl (C=O) groups is 3. The molecule has 0 radical (unpaired) electrons. The average molecular weight is 563 g/mol. The highest BCUT2D eigenvalue weighted by Gasteiger charge is 2.58. The second-order valence-electron chi connectivity index (χ2n) is 9.00. The van der Waals surface area contributed by atoms with Gasteiger partial charge >= 0.3 is 0 Å². The van der Waals surface area contributed by atoms with Crippen LogP contribution in [-0.2, 0) is 20.9 Å². The van der Waals surface area contributed by atoms with Crippen molar-refractivity contribution in [2.24, 2.45) is 28.7 Å². The molecule has 176 valence electrons. The van der Waals surface area contributed by atoms with Gasteiger partial charge in [-0.05, 0) is 42.4 Å². The molecule has 1 saturated carbocycles. The Labute approximate surface area is 210 Å². The lowest BCUT2D eigenvalue weighted by Gasteiger charge is -2.19. The minimum atomic E-state index is -0.145. The van der Waals surface area contributed by atoms with Gasteiger partial charge in [-0.2, -0.15) is 0 Å². The van der Waals surface area contributed by atoms with Crippen molar-refractivity contribution in [2.45, 2.75) is 25.8 Å². The second kappa shape index (κ2) is 9.82. The number of likely N-dealkylation sites (tertiary alicyclic amines) is 1. The summed E-state index contributed by atoms with van der Waals surface area (Å²) in [5.41, 5.74) is 2.01. The fourth-order valence-corrected chi connectivity index (χ4v) is 5.59. The topological polar surface area (TPSA) is 94.1 Å². The quantitative estimate of drug-likeness (QED) is 0.181. The van der Waals surface area contributed by atoms with Crippen molar-refractivity contribution in [1.82, 2.24) is 15.5 Å². The van der Waals surface area contributed by atoms with E-state index in [1.165, 1.54) is 4.90 Å². The zero-order valence-corrected chi connectivity index (χ0v) is 21.0. The number of rotatable bonds is 6. The van der Waals surface area contributed by atoms with Crippen LogP contribution in [0.4, 0.5) is 5.69 Å². The zero-order valence-electron chi connectivity index (χ0n) is 18.7. The molecular formula is C24H30IN5O3. The molecule has 4 aliphatic rings. The number of amides is 3. The van der Waals surface area contributed by atoms with Crippen molar-refractivity contribution in [3.8, 4) is 0 Å². The summed E-state index contributed by atoms with van der Waals surface area (Å²) in [5.74, 6) is 0.958. The maximum atomic E-state index is 12.8. The maximum absolute atomic E-state index is 12.8. The van der Waals surface area contributed by atoms with Crippen molar-refractivity contribution in [1.29, 1.82) is 0 Å². The first-order valence-corrected chi connectivity index (χ1v) is 11.4. The van der Waals surface area contributed by atoms with Gasteiger partial charge in [0.15, 0.2) is 5.96 Å². The molecule has 2 saturated heterocycles. The normalized spacial score (nSPS) is 27.9. The van der Waals surface area contributed by atoms with Gasteiger partial charge in [-0.3, -0.25) is 24.3 Å². The summed E-state index contributed by atoms with van der Waals surface area (Å²) in [5, 5.41) is 6.45. The highest BCUT2D eigenvalue weighted by molar-refractivity contribution is 14.0. The number of anilines is 1. The van der Waals surface area contributed by atoms with Gasteiger partial charge in [0.25, 0.3) is 0 Å². The molecule has 1 aromatic carbocycles. The van der Waals surface area contributed by atoms with E-state index in [0.29, 0.717) is 32.0 Å². The van der Waals surface area contributed by atoms with E-state index in [-0.39, 0.29) is 65.4 Å². The summed E-state index contributed by atoms with van der Waals surface area (Å²) < 4.78 is 0. The Bertz CT molecular complexity index is 962. The summed E-state index contributed by atoms with van der Waals surface area (Å²) >= 11 is 0. The van der Waals surface area contributed by atoms with E-state index in [9.17, 15) is 14.4 Å². The molecule has 2 heterocycles. The van der Waals surface area contributed by atoms with Gasteiger partial charge in [-0.15, -0.1) is 24.0 Å². The highest BCUT2D eigenvalue weighted by Crippen LogP contribution is 2.52. The van der Waals surface area contributed by atoms with Gasteiger partial charge in [-0.25, -0.2) is 0 Å². The number of fused-ring (bicyclic) bond motifs is 5. The number of hydrogen-bond donors (Lipinski definition) is 2. The number of halogens is 1. The Morgan fingerprint density at radius 2 is 1.70 bits per heavy atom. The van der Waals surface area contributed by atoms with Crippen LogP contribution < -0.4 is 15.5 Å². The lowest BCUT2D eigenvalue weighted by molar-refractivity contribution is -0.140. The first-order chi connectivity index (χ1) is 15.6. The monoisotopic (exact) mass is 563 g/mol. The first-order valence-electron chi connectivity index (χ1n) is 11.4. The molecule has 0 spiro atoms. The van der Waals surface area contributed by atoms with Crippen molar-refractivity contribution < 1.29 is 14.4 Å². The lowest BCUT2D eigenvalue weighted by atomic mass is 9.85. The number of carbonyl (C=O) groups excluding carboxylic acids is 3. The van der Waals surface area contributed by atoms with Crippen LogP contribution in [0, 0.1) is 23.7 Å². The second-order valence-corrected chi connectivity index (χ2v) is 9.00. The first kappa shape index (κ1) is 23.7. The van der Waals surface area contributed by atoms with Crippen LogP contribution in [0.3, 0.4) is 0 Å². The van der Waals surface area contributed by atoms with E-state index in [1.54, 1.807) is 7.05 Å². The van der Waals surface area contributed by atoms with Crippen LogP contribution >= 0.6 is 24.0 Å². The summed E-state index contributed by atoms with van der Waals surface area (Å²) in [6, 6.07) is 7.95. The standard InChI is InChI=1S/C24H29N5O3.HI/c1-25-24(27-14-15-4-8-18(9-5-15)28-11-2-3-19(28)30)26-10-12-29-22(31)20-16-6-7-17(13-16)21(20)23(29)32;/h4-9,16-17,20-21H,2-3,10-14H2,1H3,(H2,25,26,27);1H. The number of nitrogens with one attached hydrogen (secondary N) is 2. The predicted molar refractivity (Wildman–Crippen MR) is 136 cm³/mol. The molecule has 2 bridgehead atoms. The third kappa shape index (κ3) is 4.39. The minimum absolute atomic E-state index is 0. The van der Waals surface area contributed by atoms with Crippen LogP contribution in [0.25, 0.3) is 0 Å². The molecular weight excluding hydrogens is 533 g/mol. The number of guanidine groups is 1. The third-order valence-corrected chi connectivity index (χ3v) is 7.19. The number of allylic oxidation sites excluding steroid dienone is 2. The van der Waals surface area contributed by atoms with E-state index >= 15 is 0 Å². The van der Waals surface area contributed by atoms with E-state index in [4.69, 9.17) is 0 Å². The van der Waals surface area contributed by atoms with Gasteiger partial charge in [0.1, 0.15) is 0 Å². The van der Waals surface area contributed by atoms with Gasteiger partial charge < -0.3 is 15.5 Å². The highest BCUT2D eigenvalue weighted by atomic mass is 127. The number of nitrogens with zero attached hydrogens (tertiary/aromatic N) is 3. The Morgan fingerprint density at radius 3 is 2.27 bits per heavy atom. The molecule has 2 N–H and O–H groups in total. The molecule has 4 atom stereocenters. The molecule has 33 heavy (non-hydrogen) atoms. The van der Waals surface area contributed by atoms with E-state index in [2.05, 4.69) is 27.8 Å². The molecule has 0 aromatic heterocycles. The smallest absolute Gasteiger partial charge is 0.233 e. The number of hydrogen-bond acceptors (Lipinski definition) is 4. The Morgan fingerprint density at radius 1 is 1.03 bits per heavy atom. The van der Waals surface area contributed by atoms with Crippen LogP contribution in [-0.4, -0.2) is 55.3 Å². The van der Waals surface area contributed by atoms with Gasteiger partial charge in [0, 0.05) is 45.3 Å². The molecule has 9 heteroatoms. The summed E-state index contributed by atoms with van der Waals surface area (Å²) in [6.07, 6.45) is 6.71. The fourth-order valence-electron chi connectivity index (χ4n) is 5.59. The number of benzene rings is 1. The maximum Gasteiger partial charge on any atom is 0.233 e. The Hall–Kier alpha value is -2.43. The van der Waals surface area contributed by atoms with E-state index < -0.39 is 0 Å². The van der Waals surface area contributed by atoms with Gasteiger partial charge in [0.05, 0.1) is 11.8 Å². The van der Waals surface area contributed by atoms with Crippen molar-refractivity contribution in [2.75, 3.05) is 31.6 Å². The van der Waals surface area contributed by atoms with E-state index in [1.807, 2.05) is 29.2 Å². The Kier molecular flexibility index (Phi) is 7.06. The van der Waals surface area contributed by atoms with Gasteiger partial charge in [0.2, 0.25) is 17.7 Å². The van der Waals surface area contributed by atoms with Crippen molar-refractivity contribution in [3.63, 3.8) is 0 Å². The minimum Gasteiger partial charge on any atom is -0.355 e. The molecule has 1 aromatic rings. The number of imide groups is 1. The summed E-state index contributed by atoms with van der Waals surface area (Å²) in [6.45, 7) is 2.17. The third-order valence-electron chi connectivity index (χ3n) is 7.19. The van der Waals surface area contributed by atoms with E-state index in [0.717, 1.165) is 30.6 Å². The predicted octanol–water partition coefficient (Wildman–Crippen LogP) is 1.90. The van der Waals surface area contributed by atoms with Gasteiger partial charge in [-0.1, -0.05) is 24.3 Å². The molecule has 2 aliphatic heterocycles. The van der Waals surface area contributed by atoms with Crippen molar-refractivity contribution in [3.05, 3.63) is 42.0 Å². The molecule has 3 fully saturated rings. The lowest BCUT2D eigenvalue weighted by Crippen LogP contribution is -2.43. The SMILES string of the molecule is CN=C(NCCN1C(=O)C2C3C=CC(C3)C2C1=O)NCc1ccc(N2CCCC2=O)cc1.I. The molecule has 4 unspecified atom stereocenters. The molecule has 2 aliphatic carbocycles. The molecule has 8 nitrogen and oxygen atoms in total. The number of aliphatic imine (C=N–C) groups is 1. The summed E-state index contributed by atoms with van der Waals surface area (Å²) in [4.78, 5) is 44.9. The van der Waals surface area contributed by atoms with Crippen molar-refractivity contribution >= 4 is 53.3 Å². The Balaban J connectivity index is 0.00000259. The summed E-state index contributed by atoms with van der Waals surface area (Å²) in [7, 11) is 1.69. The van der Waals surface area contributed by atoms with Crippen LogP contribution in [0.1, 0.15) is 24.8 Å². The van der Waals surface area contributed by atoms with Crippen LogP contribution in [0.15, 0.2) is 41.4 Å². The average Bonchev–Trinajstić information content (AvgIpc) is 3.57. The largest absolute Gasteiger partial charge is 0.355 e.